The Morgan fingerprint density at radius 3 is 2.00 bits per heavy atom. The highest BCUT2D eigenvalue weighted by molar-refractivity contribution is 5.85. The van der Waals surface area contributed by atoms with Gasteiger partial charge in [0.05, 0.1) is 0 Å². The van der Waals surface area contributed by atoms with Crippen LogP contribution in [0.25, 0.3) is 0 Å². The van der Waals surface area contributed by atoms with Crippen molar-refractivity contribution in [2.24, 2.45) is 17.8 Å². The zero-order chi connectivity index (χ0) is 14.3. The fourth-order valence-corrected chi connectivity index (χ4v) is 1.77. The molecule has 105 valence electrons. The Morgan fingerprint density at radius 2 is 1.61 bits per heavy atom. The van der Waals surface area contributed by atoms with Crippen LogP contribution in [0.15, 0.2) is 0 Å². The molecule has 2 amide bonds. The number of carbonyl (C=O) groups excluding carboxylic acids is 2. The molecule has 1 radical (unpaired) electrons. The van der Waals surface area contributed by atoms with Crippen molar-refractivity contribution in [1.29, 1.82) is 0 Å². The summed E-state index contributed by atoms with van der Waals surface area (Å²) in [5.74, 6) is 0.420. The predicted molar refractivity (Wildman–Crippen MR) is 73.1 cm³/mol. The number of hydrogen-bond acceptors (Lipinski definition) is 2. The standard InChI is InChI=1S/C14H27N2O2/c1-10(2)7-12(14(18)16(5)6)8-13(17)15-9-11(3)4/h10-12H,7-9H2,1-6H3. The van der Waals surface area contributed by atoms with E-state index >= 15 is 0 Å². The van der Waals surface area contributed by atoms with Gasteiger partial charge in [-0.15, -0.1) is 0 Å². The molecule has 0 heterocycles. The predicted octanol–water partition coefficient (Wildman–Crippen LogP) is 1.91. The van der Waals surface area contributed by atoms with Crippen LogP contribution in [0.1, 0.15) is 40.5 Å². The van der Waals surface area contributed by atoms with Gasteiger partial charge in [-0.05, 0) is 18.3 Å². The molecule has 0 aromatic heterocycles. The largest absolute Gasteiger partial charge is 0.349 e. The summed E-state index contributed by atoms with van der Waals surface area (Å²) in [6.45, 7) is 8.71. The van der Waals surface area contributed by atoms with Crippen LogP contribution >= 0.6 is 0 Å². The molecule has 0 bridgehead atoms. The van der Waals surface area contributed by atoms with Gasteiger partial charge >= 0.3 is 0 Å². The maximum absolute atomic E-state index is 12.0. The van der Waals surface area contributed by atoms with Crippen LogP contribution in [0, 0.1) is 17.8 Å². The first kappa shape index (κ1) is 16.9. The van der Waals surface area contributed by atoms with Gasteiger partial charge in [-0.3, -0.25) is 14.9 Å². The molecular weight excluding hydrogens is 228 g/mol. The van der Waals surface area contributed by atoms with E-state index in [1.807, 2.05) is 13.8 Å². The van der Waals surface area contributed by atoms with Crippen molar-refractivity contribution < 1.29 is 9.59 Å². The van der Waals surface area contributed by atoms with E-state index in [1.165, 1.54) is 0 Å². The smallest absolute Gasteiger partial charge is 0.241 e. The van der Waals surface area contributed by atoms with Gasteiger partial charge in [0.1, 0.15) is 0 Å². The van der Waals surface area contributed by atoms with Gasteiger partial charge < -0.3 is 4.90 Å². The number of rotatable bonds is 7. The molecule has 0 saturated carbocycles. The first-order valence-corrected chi connectivity index (χ1v) is 6.65. The fourth-order valence-electron chi connectivity index (χ4n) is 1.77. The van der Waals surface area contributed by atoms with E-state index < -0.39 is 0 Å². The quantitative estimate of drug-likeness (QED) is 0.698. The van der Waals surface area contributed by atoms with Crippen molar-refractivity contribution in [2.45, 2.75) is 40.5 Å². The highest BCUT2D eigenvalue weighted by Crippen LogP contribution is 2.17. The summed E-state index contributed by atoms with van der Waals surface area (Å²) in [6.07, 6.45) is 0.974. The Kier molecular flexibility index (Phi) is 7.64. The average molecular weight is 255 g/mol. The summed E-state index contributed by atoms with van der Waals surface area (Å²) < 4.78 is 0. The Labute approximate surface area is 111 Å². The molecule has 4 heteroatoms. The maximum atomic E-state index is 12.0. The third-order valence-corrected chi connectivity index (χ3v) is 2.60. The van der Waals surface area contributed by atoms with Gasteiger partial charge in [0, 0.05) is 33.0 Å². The molecule has 0 N–H and O–H groups in total. The number of nitrogens with zero attached hydrogens (tertiary/aromatic N) is 2. The summed E-state index contributed by atoms with van der Waals surface area (Å²) in [4.78, 5) is 25.3. The third-order valence-electron chi connectivity index (χ3n) is 2.60. The molecule has 1 unspecified atom stereocenters. The Bertz CT molecular complexity index is 273. The lowest BCUT2D eigenvalue weighted by atomic mass is 9.92. The summed E-state index contributed by atoms with van der Waals surface area (Å²) in [5, 5.41) is 4.00. The molecule has 0 saturated heterocycles. The van der Waals surface area contributed by atoms with E-state index in [-0.39, 0.29) is 24.2 Å². The monoisotopic (exact) mass is 255 g/mol. The van der Waals surface area contributed by atoms with Crippen LogP contribution in [-0.2, 0) is 9.59 Å². The first-order valence-electron chi connectivity index (χ1n) is 6.65. The maximum Gasteiger partial charge on any atom is 0.241 e. The lowest BCUT2D eigenvalue weighted by Gasteiger charge is -2.21. The molecule has 0 aliphatic heterocycles. The highest BCUT2D eigenvalue weighted by atomic mass is 16.2. The van der Waals surface area contributed by atoms with E-state index in [4.69, 9.17) is 0 Å². The van der Waals surface area contributed by atoms with Crippen LogP contribution in [-0.4, -0.2) is 37.4 Å². The zero-order valence-corrected chi connectivity index (χ0v) is 12.6. The van der Waals surface area contributed by atoms with Crippen LogP contribution < -0.4 is 5.32 Å². The second-order valence-corrected chi connectivity index (χ2v) is 5.89. The Balaban J connectivity index is 4.40. The van der Waals surface area contributed by atoms with Gasteiger partial charge in [0.15, 0.2) is 0 Å². The molecule has 0 aliphatic rings. The third kappa shape index (κ3) is 7.30. The molecule has 0 aliphatic carbocycles. The number of amides is 2. The van der Waals surface area contributed by atoms with Gasteiger partial charge in [0.2, 0.25) is 11.8 Å². The normalized spacial score (nSPS) is 12.7. The van der Waals surface area contributed by atoms with Gasteiger partial charge in [-0.25, -0.2) is 0 Å². The second kappa shape index (κ2) is 8.11. The second-order valence-electron chi connectivity index (χ2n) is 5.89. The SMILES string of the molecule is CC(C)C[N]C(=O)CC(CC(C)C)C(=O)N(C)C. The zero-order valence-electron chi connectivity index (χ0n) is 12.6. The average Bonchev–Trinajstić information content (AvgIpc) is 2.23. The van der Waals surface area contributed by atoms with E-state index in [2.05, 4.69) is 19.2 Å². The Morgan fingerprint density at radius 1 is 1.06 bits per heavy atom. The summed E-state index contributed by atoms with van der Waals surface area (Å²) in [7, 11) is 3.46. The highest BCUT2D eigenvalue weighted by Gasteiger charge is 2.24. The van der Waals surface area contributed by atoms with E-state index in [0.29, 0.717) is 18.4 Å². The van der Waals surface area contributed by atoms with Crippen molar-refractivity contribution >= 4 is 11.8 Å². The van der Waals surface area contributed by atoms with E-state index in [0.717, 1.165) is 6.42 Å². The lowest BCUT2D eigenvalue weighted by Crippen LogP contribution is -2.34. The van der Waals surface area contributed by atoms with Crippen molar-refractivity contribution in [1.82, 2.24) is 10.2 Å². The van der Waals surface area contributed by atoms with Crippen molar-refractivity contribution in [3.63, 3.8) is 0 Å². The van der Waals surface area contributed by atoms with E-state index in [1.54, 1.807) is 19.0 Å². The Hall–Kier alpha value is -1.06. The van der Waals surface area contributed by atoms with Crippen molar-refractivity contribution in [2.75, 3.05) is 20.6 Å². The first-order chi connectivity index (χ1) is 8.23. The summed E-state index contributed by atoms with van der Waals surface area (Å²) in [5.41, 5.74) is 0. The molecule has 0 fully saturated rings. The molecule has 0 spiro atoms. The van der Waals surface area contributed by atoms with Crippen LogP contribution in [0.4, 0.5) is 0 Å². The van der Waals surface area contributed by atoms with Gasteiger partial charge in [0.25, 0.3) is 0 Å². The van der Waals surface area contributed by atoms with Gasteiger partial charge in [-0.1, -0.05) is 27.7 Å². The molecule has 1 atom stereocenters. The molecule has 18 heavy (non-hydrogen) atoms. The topological polar surface area (TPSA) is 51.5 Å². The van der Waals surface area contributed by atoms with Gasteiger partial charge in [-0.2, -0.15) is 0 Å². The molecule has 4 nitrogen and oxygen atoms in total. The minimum atomic E-state index is -0.233. The fraction of sp³-hybridized carbons (Fsp3) is 0.857. The van der Waals surface area contributed by atoms with E-state index in [9.17, 15) is 9.59 Å². The van der Waals surface area contributed by atoms with Crippen LogP contribution in [0.3, 0.4) is 0 Å². The molecular formula is C14H27N2O2. The molecule has 0 aromatic rings. The minimum absolute atomic E-state index is 0.0248. The number of hydrogen-bond donors (Lipinski definition) is 0. The minimum Gasteiger partial charge on any atom is -0.349 e. The molecule has 0 rings (SSSR count). The lowest BCUT2D eigenvalue weighted by molar-refractivity contribution is -0.136. The molecule has 0 aromatic carbocycles. The van der Waals surface area contributed by atoms with Crippen molar-refractivity contribution in [3.8, 4) is 0 Å². The van der Waals surface area contributed by atoms with Crippen molar-refractivity contribution in [3.05, 3.63) is 0 Å². The van der Waals surface area contributed by atoms with Crippen LogP contribution in [0.2, 0.25) is 0 Å². The summed E-state index contributed by atoms with van der Waals surface area (Å²) in [6, 6.07) is 0. The number of carbonyl (C=O) groups is 2. The van der Waals surface area contributed by atoms with Crippen LogP contribution in [0.5, 0.6) is 0 Å². The summed E-state index contributed by atoms with van der Waals surface area (Å²) >= 11 is 0.